The molecule has 1 aromatic heterocycles. The number of rotatable bonds is 5. The third-order valence-electron chi connectivity index (χ3n) is 2.63. The fourth-order valence-corrected chi connectivity index (χ4v) is 1.81. The molecule has 2 unspecified atom stereocenters. The average Bonchev–Trinajstić information content (AvgIpc) is 2.87. The number of carboxylic acids is 1. The lowest BCUT2D eigenvalue weighted by Crippen LogP contribution is -2.28. The smallest absolute Gasteiger partial charge is 0.332 e. The molecule has 0 aliphatic carbocycles. The lowest BCUT2D eigenvalue weighted by molar-refractivity contribution is -0.149. The van der Waals surface area contributed by atoms with Crippen LogP contribution in [0, 0.1) is 0 Å². The van der Waals surface area contributed by atoms with Gasteiger partial charge in [-0.25, -0.2) is 4.79 Å². The van der Waals surface area contributed by atoms with Gasteiger partial charge in [-0.1, -0.05) is 0 Å². The normalized spacial score (nSPS) is 24.8. The van der Waals surface area contributed by atoms with Crippen molar-refractivity contribution < 1.29 is 19.1 Å². The topological polar surface area (TPSA) is 71.7 Å². The summed E-state index contributed by atoms with van der Waals surface area (Å²) >= 11 is 0. The Kier molecular flexibility index (Phi) is 3.58. The standard InChI is InChI=1S/C11H15NO4/c13-11(14)10-4-3-9(16-10)7-12-6-8-2-1-5-15-8/h1-2,5,9-10,12H,3-4,6-7H2,(H,13,14). The fraction of sp³-hybridized carbons (Fsp3) is 0.545. The number of nitrogens with one attached hydrogen (secondary N) is 1. The van der Waals surface area contributed by atoms with Crippen molar-refractivity contribution in [3.8, 4) is 0 Å². The van der Waals surface area contributed by atoms with Crippen LogP contribution in [0.3, 0.4) is 0 Å². The lowest BCUT2D eigenvalue weighted by Gasteiger charge is -2.11. The minimum atomic E-state index is -0.867. The van der Waals surface area contributed by atoms with Crippen molar-refractivity contribution in [3.05, 3.63) is 24.2 Å². The van der Waals surface area contributed by atoms with Gasteiger partial charge in [0.25, 0.3) is 0 Å². The van der Waals surface area contributed by atoms with Crippen LogP contribution in [0.15, 0.2) is 22.8 Å². The summed E-state index contributed by atoms with van der Waals surface area (Å²) < 4.78 is 10.5. The van der Waals surface area contributed by atoms with E-state index in [0.29, 0.717) is 19.5 Å². The zero-order valence-corrected chi connectivity index (χ0v) is 8.89. The van der Waals surface area contributed by atoms with E-state index in [1.54, 1.807) is 6.26 Å². The SMILES string of the molecule is O=C(O)C1CCC(CNCc2ccco2)O1. The molecule has 0 bridgehead atoms. The van der Waals surface area contributed by atoms with Crippen molar-refractivity contribution in [2.24, 2.45) is 0 Å². The largest absolute Gasteiger partial charge is 0.479 e. The summed E-state index contributed by atoms with van der Waals surface area (Å²) in [6, 6.07) is 3.73. The van der Waals surface area contributed by atoms with Crippen LogP contribution in [0.25, 0.3) is 0 Å². The van der Waals surface area contributed by atoms with E-state index < -0.39 is 12.1 Å². The summed E-state index contributed by atoms with van der Waals surface area (Å²) in [5.41, 5.74) is 0. The molecule has 1 saturated heterocycles. The number of ether oxygens (including phenoxy) is 1. The molecule has 0 spiro atoms. The maximum atomic E-state index is 10.6. The highest BCUT2D eigenvalue weighted by Crippen LogP contribution is 2.19. The molecule has 5 heteroatoms. The van der Waals surface area contributed by atoms with Crippen molar-refractivity contribution in [3.63, 3.8) is 0 Å². The molecular formula is C11H15NO4. The third-order valence-corrected chi connectivity index (χ3v) is 2.63. The van der Waals surface area contributed by atoms with Gasteiger partial charge in [-0.15, -0.1) is 0 Å². The highest BCUT2D eigenvalue weighted by Gasteiger charge is 2.29. The van der Waals surface area contributed by atoms with E-state index in [1.165, 1.54) is 0 Å². The predicted molar refractivity (Wildman–Crippen MR) is 55.9 cm³/mol. The van der Waals surface area contributed by atoms with Crippen molar-refractivity contribution >= 4 is 5.97 Å². The van der Waals surface area contributed by atoms with Crippen LogP contribution in [0.1, 0.15) is 18.6 Å². The molecule has 2 N–H and O–H groups in total. The molecule has 5 nitrogen and oxygen atoms in total. The van der Waals surface area contributed by atoms with E-state index in [1.807, 2.05) is 12.1 Å². The molecule has 0 saturated carbocycles. The molecule has 2 rings (SSSR count). The van der Waals surface area contributed by atoms with Crippen molar-refractivity contribution in [2.45, 2.75) is 31.6 Å². The van der Waals surface area contributed by atoms with E-state index in [2.05, 4.69) is 5.32 Å². The molecule has 88 valence electrons. The van der Waals surface area contributed by atoms with E-state index in [0.717, 1.165) is 12.2 Å². The van der Waals surface area contributed by atoms with Gasteiger partial charge in [0.15, 0.2) is 6.10 Å². The Bertz CT molecular complexity index is 336. The Morgan fingerprint density at radius 1 is 1.56 bits per heavy atom. The fourth-order valence-electron chi connectivity index (χ4n) is 1.81. The van der Waals surface area contributed by atoms with Crippen LogP contribution in [-0.2, 0) is 16.1 Å². The number of hydrogen-bond donors (Lipinski definition) is 2. The first kappa shape index (κ1) is 11.2. The highest BCUT2D eigenvalue weighted by molar-refractivity contribution is 5.72. The first-order valence-corrected chi connectivity index (χ1v) is 5.37. The number of carbonyl (C=O) groups is 1. The van der Waals surface area contributed by atoms with Crippen molar-refractivity contribution in [2.75, 3.05) is 6.54 Å². The van der Waals surface area contributed by atoms with Gasteiger partial charge in [-0.2, -0.15) is 0 Å². The van der Waals surface area contributed by atoms with E-state index in [4.69, 9.17) is 14.3 Å². The Labute approximate surface area is 93.4 Å². The molecular weight excluding hydrogens is 210 g/mol. The number of hydrogen-bond acceptors (Lipinski definition) is 4. The maximum absolute atomic E-state index is 10.6. The molecule has 0 amide bonds. The summed E-state index contributed by atoms with van der Waals surface area (Å²) in [6.07, 6.45) is 2.39. The Hall–Kier alpha value is -1.33. The Balaban J connectivity index is 1.66. The number of aliphatic carboxylic acids is 1. The van der Waals surface area contributed by atoms with Gasteiger partial charge >= 0.3 is 5.97 Å². The van der Waals surface area contributed by atoms with Crippen LogP contribution in [0.5, 0.6) is 0 Å². The zero-order valence-electron chi connectivity index (χ0n) is 8.89. The second kappa shape index (κ2) is 5.14. The van der Waals surface area contributed by atoms with Gasteiger partial charge < -0.3 is 19.6 Å². The molecule has 1 aliphatic heterocycles. The van der Waals surface area contributed by atoms with Gasteiger partial charge in [-0.05, 0) is 25.0 Å². The first-order chi connectivity index (χ1) is 7.75. The van der Waals surface area contributed by atoms with Crippen LogP contribution in [-0.4, -0.2) is 29.8 Å². The maximum Gasteiger partial charge on any atom is 0.332 e. The lowest BCUT2D eigenvalue weighted by atomic mass is 10.2. The minimum absolute atomic E-state index is 0.00365. The second-order valence-electron chi connectivity index (χ2n) is 3.87. The summed E-state index contributed by atoms with van der Waals surface area (Å²) in [5.74, 6) is 0.00122. The average molecular weight is 225 g/mol. The molecule has 0 radical (unpaired) electrons. The van der Waals surface area contributed by atoms with E-state index >= 15 is 0 Å². The molecule has 0 aromatic carbocycles. The van der Waals surface area contributed by atoms with Crippen molar-refractivity contribution in [1.82, 2.24) is 5.32 Å². The highest BCUT2D eigenvalue weighted by atomic mass is 16.5. The van der Waals surface area contributed by atoms with Gasteiger partial charge in [0.2, 0.25) is 0 Å². The van der Waals surface area contributed by atoms with Crippen LogP contribution < -0.4 is 5.32 Å². The van der Waals surface area contributed by atoms with Gasteiger partial charge in [0.1, 0.15) is 5.76 Å². The molecule has 1 aliphatic rings. The molecule has 16 heavy (non-hydrogen) atoms. The summed E-state index contributed by atoms with van der Waals surface area (Å²) in [4.78, 5) is 10.6. The van der Waals surface area contributed by atoms with Crippen LogP contribution in [0.4, 0.5) is 0 Å². The Morgan fingerprint density at radius 2 is 2.44 bits per heavy atom. The van der Waals surface area contributed by atoms with Gasteiger partial charge in [0, 0.05) is 6.54 Å². The monoisotopic (exact) mass is 225 g/mol. The van der Waals surface area contributed by atoms with E-state index in [9.17, 15) is 4.79 Å². The second-order valence-corrected chi connectivity index (χ2v) is 3.87. The molecule has 1 aromatic rings. The quantitative estimate of drug-likeness (QED) is 0.782. The summed E-state index contributed by atoms with van der Waals surface area (Å²) in [7, 11) is 0. The Morgan fingerprint density at radius 3 is 3.06 bits per heavy atom. The first-order valence-electron chi connectivity index (χ1n) is 5.37. The van der Waals surface area contributed by atoms with Crippen molar-refractivity contribution in [1.29, 1.82) is 0 Å². The molecule has 2 atom stereocenters. The van der Waals surface area contributed by atoms with Gasteiger partial charge in [-0.3, -0.25) is 0 Å². The summed E-state index contributed by atoms with van der Waals surface area (Å²) in [5, 5.41) is 11.9. The third kappa shape index (κ3) is 2.84. The molecule has 2 heterocycles. The number of furan rings is 1. The zero-order chi connectivity index (χ0) is 11.4. The predicted octanol–water partition coefficient (Wildman–Crippen LogP) is 1.00. The minimum Gasteiger partial charge on any atom is -0.479 e. The van der Waals surface area contributed by atoms with Crippen LogP contribution >= 0.6 is 0 Å². The number of carboxylic acid groups (broad SMARTS) is 1. The van der Waals surface area contributed by atoms with Crippen LogP contribution in [0.2, 0.25) is 0 Å². The molecule has 1 fully saturated rings. The summed E-state index contributed by atoms with van der Waals surface area (Å²) in [6.45, 7) is 1.30. The van der Waals surface area contributed by atoms with E-state index in [-0.39, 0.29) is 6.10 Å². The van der Waals surface area contributed by atoms with Gasteiger partial charge in [0.05, 0.1) is 18.9 Å².